The van der Waals surface area contributed by atoms with Crippen molar-refractivity contribution in [2.45, 2.75) is 31.7 Å². The van der Waals surface area contributed by atoms with Crippen molar-refractivity contribution in [2.75, 3.05) is 26.3 Å². The third kappa shape index (κ3) is 4.34. The van der Waals surface area contributed by atoms with Gasteiger partial charge in [0.1, 0.15) is 5.76 Å². The highest BCUT2D eigenvalue weighted by Crippen LogP contribution is 2.35. The molecule has 1 aliphatic heterocycles. The van der Waals surface area contributed by atoms with Crippen LogP contribution in [0, 0.1) is 0 Å². The van der Waals surface area contributed by atoms with E-state index in [1.165, 1.54) is 12.0 Å². The Morgan fingerprint density at radius 3 is 2.21 bits per heavy atom. The first-order valence-electron chi connectivity index (χ1n) is 10.2. The van der Waals surface area contributed by atoms with Crippen LogP contribution in [0.4, 0.5) is 0 Å². The summed E-state index contributed by atoms with van der Waals surface area (Å²) in [5.41, 5.74) is 2.81. The number of morpholine rings is 1. The van der Waals surface area contributed by atoms with Crippen molar-refractivity contribution >= 4 is 11.7 Å². The molecule has 28 heavy (non-hydrogen) atoms. The predicted octanol–water partition coefficient (Wildman–Crippen LogP) is 4.53. The monoisotopic (exact) mass is 377 g/mol. The van der Waals surface area contributed by atoms with Crippen molar-refractivity contribution in [1.82, 2.24) is 4.90 Å². The minimum absolute atomic E-state index is 0.293. The predicted molar refractivity (Wildman–Crippen MR) is 110 cm³/mol. The highest BCUT2D eigenvalue weighted by Gasteiger charge is 2.30. The Balaban J connectivity index is 1.71. The minimum atomic E-state index is -0.293. The molecule has 1 heterocycles. The van der Waals surface area contributed by atoms with Gasteiger partial charge in [-0.2, -0.15) is 0 Å². The van der Waals surface area contributed by atoms with E-state index < -0.39 is 0 Å². The zero-order valence-corrected chi connectivity index (χ0v) is 16.2. The molecule has 0 aromatic heterocycles. The Morgan fingerprint density at radius 1 is 0.893 bits per heavy atom. The molecule has 0 N–H and O–H groups in total. The van der Waals surface area contributed by atoms with E-state index in [-0.39, 0.29) is 5.97 Å². The van der Waals surface area contributed by atoms with E-state index in [4.69, 9.17) is 9.47 Å². The van der Waals surface area contributed by atoms with Gasteiger partial charge in [-0.05, 0) is 37.0 Å². The highest BCUT2D eigenvalue weighted by molar-refractivity contribution is 5.93. The van der Waals surface area contributed by atoms with Gasteiger partial charge in [-0.25, -0.2) is 4.79 Å². The lowest BCUT2D eigenvalue weighted by Gasteiger charge is -2.39. The number of hydrogen-bond acceptors (Lipinski definition) is 4. The van der Waals surface area contributed by atoms with Crippen molar-refractivity contribution in [3.05, 3.63) is 77.4 Å². The number of hydrogen-bond donors (Lipinski definition) is 0. The summed E-state index contributed by atoms with van der Waals surface area (Å²) >= 11 is 0. The number of carbonyl (C=O) groups is 1. The van der Waals surface area contributed by atoms with Crippen LogP contribution in [0.2, 0.25) is 0 Å². The molecular weight excluding hydrogens is 350 g/mol. The maximum Gasteiger partial charge on any atom is 0.343 e. The molecule has 0 spiro atoms. The van der Waals surface area contributed by atoms with Crippen molar-refractivity contribution in [2.24, 2.45) is 0 Å². The molecule has 1 saturated heterocycles. The molecule has 0 unspecified atom stereocenters. The molecule has 0 amide bonds. The number of ether oxygens (including phenoxy) is 2. The fourth-order valence-corrected chi connectivity index (χ4v) is 4.18. The quantitative estimate of drug-likeness (QED) is 0.580. The van der Waals surface area contributed by atoms with E-state index in [1.54, 1.807) is 12.1 Å². The summed E-state index contributed by atoms with van der Waals surface area (Å²) in [7, 11) is 0. The van der Waals surface area contributed by atoms with Gasteiger partial charge in [-0.15, -0.1) is 0 Å². The van der Waals surface area contributed by atoms with E-state index in [0.717, 1.165) is 56.9 Å². The van der Waals surface area contributed by atoms with E-state index >= 15 is 0 Å². The summed E-state index contributed by atoms with van der Waals surface area (Å²) in [6, 6.07) is 19.6. The van der Waals surface area contributed by atoms with Crippen LogP contribution in [0.25, 0.3) is 5.76 Å². The van der Waals surface area contributed by atoms with E-state index in [2.05, 4.69) is 4.90 Å². The summed E-state index contributed by atoms with van der Waals surface area (Å²) < 4.78 is 11.6. The topological polar surface area (TPSA) is 38.8 Å². The summed E-state index contributed by atoms with van der Waals surface area (Å²) in [6.07, 6.45) is 4.42. The van der Waals surface area contributed by atoms with Gasteiger partial charge < -0.3 is 9.47 Å². The van der Waals surface area contributed by atoms with Crippen LogP contribution in [-0.4, -0.2) is 43.2 Å². The largest absolute Gasteiger partial charge is 0.422 e. The molecule has 0 radical (unpaired) electrons. The number of nitrogens with zero attached hydrogens (tertiary/aromatic N) is 1. The molecular formula is C24H27NO3. The normalized spacial score (nSPS) is 22.5. The molecule has 2 aromatic rings. The Labute approximate surface area is 166 Å². The second-order valence-electron chi connectivity index (χ2n) is 7.39. The van der Waals surface area contributed by atoms with Gasteiger partial charge in [-0.3, -0.25) is 4.90 Å². The lowest BCUT2D eigenvalue weighted by Crippen LogP contribution is -2.45. The van der Waals surface area contributed by atoms with Crippen LogP contribution in [-0.2, 0) is 9.47 Å². The molecule has 4 nitrogen and oxygen atoms in total. The maximum absolute atomic E-state index is 12.9. The van der Waals surface area contributed by atoms with Gasteiger partial charge in [0, 0.05) is 24.7 Å². The van der Waals surface area contributed by atoms with Gasteiger partial charge in [0.25, 0.3) is 0 Å². The van der Waals surface area contributed by atoms with Gasteiger partial charge in [0.15, 0.2) is 0 Å². The molecule has 0 bridgehead atoms. The molecule has 2 aromatic carbocycles. The lowest BCUT2D eigenvalue weighted by atomic mass is 9.86. The van der Waals surface area contributed by atoms with Crippen LogP contribution in [0.15, 0.2) is 66.2 Å². The average Bonchev–Trinajstić information content (AvgIpc) is 2.79. The number of benzene rings is 2. The summed E-state index contributed by atoms with van der Waals surface area (Å²) in [6.45, 7) is 3.41. The van der Waals surface area contributed by atoms with Crippen molar-refractivity contribution < 1.29 is 14.3 Å². The molecule has 2 fully saturated rings. The molecule has 4 heteroatoms. The SMILES string of the molecule is O=C(O/C(=C1/CCCC[C@@H]1N1CCOCC1)c1ccccc1)c1ccccc1. The van der Waals surface area contributed by atoms with Crippen molar-refractivity contribution in [3.63, 3.8) is 0 Å². The number of esters is 1. The van der Waals surface area contributed by atoms with E-state index in [9.17, 15) is 4.79 Å². The lowest BCUT2D eigenvalue weighted by molar-refractivity contribution is 0.0186. The van der Waals surface area contributed by atoms with Crippen LogP contribution < -0.4 is 0 Å². The third-order valence-corrected chi connectivity index (χ3v) is 5.59. The fourth-order valence-electron chi connectivity index (χ4n) is 4.18. The van der Waals surface area contributed by atoms with Gasteiger partial charge in [0.05, 0.1) is 18.8 Å². The zero-order valence-electron chi connectivity index (χ0n) is 16.2. The molecule has 146 valence electrons. The Kier molecular flexibility index (Phi) is 6.20. The molecule has 4 rings (SSSR count). The second-order valence-corrected chi connectivity index (χ2v) is 7.39. The van der Waals surface area contributed by atoms with Gasteiger partial charge >= 0.3 is 5.97 Å². The van der Waals surface area contributed by atoms with Gasteiger partial charge in [0.2, 0.25) is 0 Å². The highest BCUT2D eigenvalue weighted by atomic mass is 16.5. The second kappa shape index (κ2) is 9.18. The number of carbonyl (C=O) groups excluding carboxylic acids is 1. The zero-order chi connectivity index (χ0) is 19.2. The van der Waals surface area contributed by atoms with Crippen LogP contribution >= 0.6 is 0 Å². The summed E-state index contributed by atoms with van der Waals surface area (Å²) in [5.74, 6) is 0.448. The van der Waals surface area contributed by atoms with Gasteiger partial charge in [-0.1, -0.05) is 55.0 Å². The standard InChI is InChI=1S/C24H27NO3/c26-24(20-11-5-2-6-12-20)28-23(19-9-3-1-4-10-19)21-13-7-8-14-22(21)25-15-17-27-18-16-25/h1-6,9-12,22H,7-8,13-18H2/b23-21-/t22-/m0/s1. The molecule has 1 aliphatic carbocycles. The van der Waals surface area contributed by atoms with Crippen LogP contribution in [0.1, 0.15) is 41.6 Å². The van der Waals surface area contributed by atoms with Crippen molar-refractivity contribution in [1.29, 1.82) is 0 Å². The smallest absolute Gasteiger partial charge is 0.343 e. The third-order valence-electron chi connectivity index (χ3n) is 5.59. The number of rotatable bonds is 4. The minimum Gasteiger partial charge on any atom is -0.422 e. The summed E-state index contributed by atoms with van der Waals surface area (Å²) in [4.78, 5) is 15.4. The van der Waals surface area contributed by atoms with E-state index in [1.807, 2.05) is 48.5 Å². The summed E-state index contributed by atoms with van der Waals surface area (Å²) in [5, 5.41) is 0. The molecule has 1 saturated carbocycles. The van der Waals surface area contributed by atoms with Crippen molar-refractivity contribution in [3.8, 4) is 0 Å². The van der Waals surface area contributed by atoms with E-state index in [0.29, 0.717) is 11.6 Å². The Hall–Kier alpha value is -2.43. The molecule has 1 atom stereocenters. The first-order valence-corrected chi connectivity index (χ1v) is 10.2. The first kappa shape index (κ1) is 18.9. The Morgan fingerprint density at radius 2 is 1.54 bits per heavy atom. The first-order chi connectivity index (χ1) is 13.8. The fraction of sp³-hybridized carbons (Fsp3) is 0.375. The molecule has 2 aliphatic rings. The Bertz CT molecular complexity index is 810. The van der Waals surface area contributed by atoms with Crippen LogP contribution in [0.3, 0.4) is 0 Å². The van der Waals surface area contributed by atoms with Crippen LogP contribution in [0.5, 0.6) is 0 Å². The average molecular weight is 377 g/mol. The maximum atomic E-state index is 12.9.